The van der Waals surface area contributed by atoms with Gasteiger partial charge < -0.3 is 0 Å². The van der Waals surface area contributed by atoms with E-state index in [4.69, 9.17) is 0 Å². The van der Waals surface area contributed by atoms with Gasteiger partial charge in [0.1, 0.15) is 0 Å². The molecule has 0 radical (unpaired) electrons. The van der Waals surface area contributed by atoms with Gasteiger partial charge in [-0.05, 0) is 29.5 Å². The van der Waals surface area contributed by atoms with E-state index in [1.807, 2.05) is 60.9 Å². The molecule has 2 rings (SSSR count). The second-order valence-corrected chi connectivity index (χ2v) is 5.11. The molecule has 0 saturated heterocycles. The van der Waals surface area contributed by atoms with Gasteiger partial charge >= 0.3 is 0 Å². The van der Waals surface area contributed by atoms with Crippen molar-refractivity contribution in [1.29, 1.82) is 0 Å². The smallest absolute Gasteiger partial charge is 0.244 e. The highest BCUT2D eigenvalue weighted by molar-refractivity contribution is 7.98. The Morgan fingerprint density at radius 1 is 1.15 bits per heavy atom. The van der Waals surface area contributed by atoms with Gasteiger partial charge in [0, 0.05) is 4.90 Å². The van der Waals surface area contributed by atoms with Crippen LogP contribution >= 0.6 is 11.8 Å². The van der Waals surface area contributed by atoms with Gasteiger partial charge in [-0.2, -0.15) is 5.10 Å². The molecule has 20 heavy (non-hydrogen) atoms. The molecule has 0 fully saturated rings. The number of benzene rings is 2. The SMILES string of the molecule is CSc1ccc(C=NNC(=O)Cc2ccccc2)cc1. The fraction of sp³-hybridized carbons (Fsp3) is 0.125. The van der Waals surface area contributed by atoms with E-state index in [1.54, 1.807) is 18.0 Å². The zero-order chi connectivity index (χ0) is 14.2. The van der Waals surface area contributed by atoms with Crippen LogP contribution in [0.15, 0.2) is 64.6 Å². The fourth-order valence-corrected chi connectivity index (χ4v) is 2.10. The Kier molecular flexibility index (Phi) is 5.38. The molecule has 0 unspecified atom stereocenters. The molecule has 2 aromatic carbocycles. The lowest BCUT2D eigenvalue weighted by atomic mass is 10.1. The molecule has 0 aliphatic rings. The Labute approximate surface area is 123 Å². The number of carbonyl (C=O) groups is 1. The van der Waals surface area contributed by atoms with Crippen molar-refractivity contribution in [3.63, 3.8) is 0 Å². The van der Waals surface area contributed by atoms with E-state index < -0.39 is 0 Å². The molecule has 4 heteroatoms. The molecule has 0 heterocycles. The van der Waals surface area contributed by atoms with Gasteiger partial charge in [-0.15, -0.1) is 11.8 Å². The maximum atomic E-state index is 11.7. The topological polar surface area (TPSA) is 41.5 Å². The highest BCUT2D eigenvalue weighted by Crippen LogP contribution is 2.13. The molecule has 1 N–H and O–H groups in total. The van der Waals surface area contributed by atoms with Gasteiger partial charge in [-0.3, -0.25) is 4.79 Å². The molecule has 0 atom stereocenters. The second kappa shape index (κ2) is 7.50. The van der Waals surface area contributed by atoms with Crippen molar-refractivity contribution in [2.45, 2.75) is 11.3 Å². The van der Waals surface area contributed by atoms with Crippen LogP contribution in [0.3, 0.4) is 0 Å². The maximum absolute atomic E-state index is 11.7. The second-order valence-electron chi connectivity index (χ2n) is 4.23. The molecular formula is C16H16N2OS. The zero-order valence-corrected chi connectivity index (χ0v) is 12.1. The minimum absolute atomic E-state index is 0.117. The molecule has 102 valence electrons. The first-order chi connectivity index (χ1) is 9.78. The molecule has 3 nitrogen and oxygen atoms in total. The zero-order valence-electron chi connectivity index (χ0n) is 11.2. The van der Waals surface area contributed by atoms with Gasteiger partial charge in [-0.1, -0.05) is 42.5 Å². The minimum atomic E-state index is -0.117. The summed E-state index contributed by atoms with van der Waals surface area (Å²) in [5, 5.41) is 3.96. The maximum Gasteiger partial charge on any atom is 0.244 e. The number of thioether (sulfide) groups is 1. The van der Waals surface area contributed by atoms with Gasteiger partial charge in [0.05, 0.1) is 12.6 Å². The largest absolute Gasteiger partial charge is 0.273 e. The van der Waals surface area contributed by atoms with Crippen molar-refractivity contribution in [2.75, 3.05) is 6.26 Å². The van der Waals surface area contributed by atoms with E-state index in [0.717, 1.165) is 11.1 Å². The Bertz CT molecular complexity index is 579. The van der Waals surface area contributed by atoms with Crippen molar-refractivity contribution in [3.05, 3.63) is 65.7 Å². The van der Waals surface area contributed by atoms with E-state index in [1.165, 1.54) is 4.90 Å². The molecule has 0 aliphatic carbocycles. The van der Waals surface area contributed by atoms with Gasteiger partial charge in [-0.25, -0.2) is 5.43 Å². The van der Waals surface area contributed by atoms with E-state index in [2.05, 4.69) is 10.5 Å². The molecule has 0 spiro atoms. The van der Waals surface area contributed by atoms with Crippen LogP contribution < -0.4 is 5.43 Å². The minimum Gasteiger partial charge on any atom is -0.273 e. The summed E-state index contributed by atoms with van der Waals surface area (Å²) < 4.78 is 0. The Hall–Kier alpha value is -2.07. The lowest BCUT2D eigenvalue weighted by molar-refractivity contribution is -0.120. The quantitative estimate of drug-likeness (QED) is 0.521. The summed E-state index contributed by atoms with van der Waals surface area (Å²) in [4.78, 5) is 12.9. The summed E-state index contributed by atoms with van der Waals surface area (Å²) in [6.45, 7) is 0. The van der Waals surface area contributed by atoms with Crippen LogP contribution in [0, 0.1) is 0 Å². The van der Waals surface area contributed by atoms with Crippen LogP contribution in [0.2, 0.25) is 0 Å². The number of carbonyl (C=O) groups excluding carboxylic acids is 1. The molecule has 0 bridgehead atoms. The first-order valence-electron chi connectivity index (χ1n) is 6.28. The normalized spacial score (nSPS) is 10.7. The third-order valence-electron chi connectivity index (χ3n) is 2.73. The van der Waals surface area contributed by atoms with Crippen molar-refractivity contribution in [1.82, 2.24) is 5.43 Å². The number of amides is 1. The predicted octanol–water partition coefficient (Wildman–Crippen LogP) is 3.10. The standard InChI is InChI=1S/C16H16N2OS/c1-20-15-9-7-14(8-10-15)12-17-18-16(19)11-13-5-3-2-4-6-13/h2-10,12H,11H2,1H3,(H,18,19). The van der Waals surface area contributed by atoms with E-state index in [0.29, 0.717) is 6.42 Å². The van der Waals surface area contributed by atoms with Crippen molar-refractivity contribution < 1.29 is 4.79 Å². The van der Waals surface area contributed by atoms with E-state index >= 15 is 0 Å². The van der Waals surface area contributed by atoms with Crippen LogP contribution in [0.1, 0.15) is 11.1 Å². The predicted molar refractivity (Wildman–Crippen MR) is 84.1 cm³/mol. The number of hydrazone groups is 1. The number of nitrogens with one attached hydrogen (secondary N) is 1. The number of nitrogens with zero attached hydrogens (tertiary/aromatic N) is 1. The van der Waals surface area contributed by atoms with Crippen LogP contribution in [0.4, 0.5) is 0 Å². The summed E-state index contributed by atoms with van der Waals surface area (Å²) in [5.74, 6) is -0.117. The van der Waals surface area contributed by atoms with Crippen molar-refractivity contribution >= 4 is 23.9 Å². The summed E-state index contributed by atoms with van der Waals surface area (Å²) in [5.41, 5.74) is 4.47. The van der Waals surface area contributed by atoms with Gasteiger partial charge in [0.2, 0.25) is 5.91 Å². The summed E-state index contributed by atoms with van der Waals surface area (Å²) in [6.07, 6.45) is 4.02. The molecule has 0 aromatic heterocycles. The van der Waals surface area contributed by atoms with Crippen molar-refractivity contribution in [3.8, 4) is 0 Å². The third kappa shape index (κ3) is 4.55. The molecule has 0 aliphatic heterocycles. The summed E-state index contributed by atoms with van der Waals surface area (Å²) >= 11 is 1.69. The average molecular weight is 284 g/mol. The van der Waals surface area contributed by atoms with Crippen molar-refractivity contribution in [2.24, 2.45) is 5.10 Å². The van der Waals surface area contributed by atoms with Gasteiger partial charge in [0.15, 0.2) is 0 Å². The van der Waals surface area contributed by atoms with Crippen LogP contribution in [-0.4, -0.2) is 18.4 Å². The van der Waals surface area contributed by atoms with Crippen LogP contribution in [0.25, 0.3) is 0 Å². The molecular weight excluding hydrogens is 268 g/mol. The number of rotatable bonds is 5. The van der Waals surface area contributed by atoms with E-state index in [9.17, 15) is 4.79 Å². The molecule has 2 aromatic rings. The highest BCUT2D eigenvalue weighted by Gasteiger charge is 2.00. The van der Waals surface area contributed by atoms with Crippen LogP contribution in [0.5, 0.6) is 0 Å². The summed E-state index contributed by atoms with van der Waals surface area (Å²) in [7, 11) is 0. The Morgan fingerprint density at radius 2 is 1.85 bits per heavy atom. The lowest BCUT2D eigenvalue weighted by Gasteiger charge is -2.00. The average Bonchev–Trinajstić information content (AvgIpc) is 2.49. The monoisotopic (exact) mass is 284 g/mol. The Morgan fingerprint density at radius 3 is 2.50 bits per heavy atom. The first-order valence-corrected chi connectivity index (χ1v) is 7.50. The van der Waals surface area contributed by atoms with Gasteiger partial charge in [0.25, 0.3) is 0 Å². The lowest BCUT2D eigenvalue weighted by Crippen LogP contribution is -2.19. The molecule has 0 saturated carbocycles. The van der Waals surface area contributed by atoms with E-state index in [-0.39, 0.29) is 5.91 Å². The Balaban J connectivity index is 1.84. The highest BCUT2D eigenvalue weighted by atomic mass is 32.2. The third-order valence-corrected chi connectivity index (χ3v) is 3.47. The van der Waals surface area contributed by atoms with Crippen LogP contribution in [-0.2, 0) is 11.2 Å². The first kappa shape index (κ1) is 14.3. The fourth-order valence-electron chi connectivity index (χ4n) is 1.69. The molecule has 1 amide bonds. The number of hydrogen-bond donors (Lipinski definition) is 1. The summed E-state index contributed by atoms with van der Waals surface area (Å²) in [6, 6.07) is 17.6. The number of hydrogen-bond acceptors (Lipinski definition) is 3.